The van der Waals surface area contributed by atoms with Crippen LogP contribution >= 0.6 is 0 Å². The van der Waals surface area contributed by atoms with Gasteiger partial charge in [0.05, 0.1) is 21.3 Å². The second kappa shape index (κ2) is 20.3. The number of carbonyl (C=O) groups is 3. The maximum atomic E-state index is 12.9. The zero-order valence-corrected chi connectivity index (χ0v) is 40.4. The van der Waals surface area contributed by atoms with Crippen LogP contribution in [0.5, 0.6) is 0 Å². The molecular weight excluding hydrogens is 729 g/mol. The number of nitrogens with one attached hydrogen (secondary N) is 2. The van der Waals surface area contributed by atoms with Gasteiger partial charge in [-0.2, -0.15) is 0 Å². The van der Waals surface area contributed by atoms with E-state index in [4.69, 9.17) is 23.4 Å². The first kappa shape index (κ1) is 51.3. The molecule has 1 rings (SSSR count). The molecule has 0 aliphatic heterocycles. The van der Waals surface area contributed by atoms with Crippen LogP contribution in [0, 0.1) is 10.8 Å². The molecule has 0 heterocycles. The molecule has 0 aromatic heterocycles. The third kappa shape index (κ3) is 17.3. The Hall–Kier alpha value is -1.74. The molecule has 1 saturated carbocycles. The summed E-state index contributed by atoms with van der Waals surface area (Å²) >= 11 is 0. The van der Waals surface area contributed by atoms with Gasteiger partial charge < -0.3 is 34.0 Å². The molecule has 2 unspecified atom stereocenters. The largest absolute Gasteiger partial charge is 0.447 e. The predicted molar refractivity (Wildman–Crippen MR) is 231 cm³/mol. The summed E-state index contributed by atoms with van der Waals surface area (Å²) in [6.45, 7) is 42.1. The van der Waals surface area contributed by atoms with Crippen molar-refractivity contribution in [3.05, 3.63) is 12.2 Å². The van der Waals surface area contributed by atoms with Gasteiger partial charge in [-0.1, -0.05) is 80.1 Å². The molecule has 0 bridgehead atoms. The Morgan fingerprint density at radius 3 is 2.04 bits per heavy atom. The van der Waals surface area contributed by atoms with E-state index in [0.717, 1.165) is 25.7 Å². The van der Waals surface area contributed by atoms with Crippen molar-refractivity contribution in [2.24, 2.45) is 10.8 Å². The number of unbranched alkanes of at least 4 members (excludes halogenated alkanes) is 1. The number of hydrogen-bond donors (Lipinski definition) is 2. The maximum absolute atomic E-state index is 12.9. The van der Waals surface area contributed by atoms with Gasteiger partial charge in [-0.05, 0) is 115 Å². The molecule has 0 saturated heterocycles. The number of rotatable bonds is 24. The van der Waals surface area contributed by atoms with Crippen LogP contribution < -0.4 is 10.6 Å². The highest BCUT2D eigenvalue weighted by Gasteiger charge is 2.49. The van der Waals surface area contributed by atoms with Gasteiger partial charge in [-0.15, -0.1) is 0 Å². The highest BCUT2D eigenvalue weighted by Crippen LogP contribution is 2.47. The van der Waals surface area contributed by atoms with Crippen LogP contribution in [-0.2, 0) is 28.2 Å². The summed E-state index contributed by atoms with van der Waals surface area (Å²) in [6.07, 6.45) is 6.30. The summed E-state index contributed by atoms with van der Waals surface area (Å²) in [5.74, 6) is -0.154. The lowest BCUT2D eigenvalue weighted by Crippen LogP contribution is -2.59. The molecule has 0 radical (unpaired) electrons. The van der Waals surface area contributed by atoms with E-state index in [-0.39, 0.29) is 46.1 Å². The molecule has 322 valence electrons. The third-order valence-electron chi connectivity index (χ3n) is 12.4. The van der Waals surface area contributed by atoms with Crippen LogP contribution in [0.2, 0.25) is 37.3 Å². The van der Waals surface area contributed by atoms with Gasteiger partial charge in [-0.3, -0.25) is 4.79 Å². The summed E-state index contributed by atoms with van der Waals surface area (Å²) < 4.78 is 30.1. The average molecular weight is 813 g/mol. The van der Waals surface area contributed by atoms with Crippen LogP contribution in [0.1, 0.15) is 141 Å². The van der Waals surface area contributed by atoms with E-state index in [2.05, 4.69) is 98.8 Å². The van der Waals surface area contributed by atoms with E-state index >= 15 is 0 Å². The quantitative estimate of drug-likeness (QED) is 0.0561. The van der Waals surface area contributed by atoms with Gasteiger partial charge >= 0.3 is 12.2 Å². The molecule has 2 atom stereocenters. The van der Waals surface area contributed by atoms with Crippen LogP contribution in [0.15, 0.2) is 12.2 Å². The fourth-order valence-corrected chi connectivity index (χ4v) is 13.9. The third-order valence-corrected chi connectivity index (χ3v) is 22.1. The molecule has 10 nitrogen and oxygen atoms in total. The van der Waals surface area contributed by atoms with Gasteiger partial charge in [0.25, 0.3) is 0 Å². The number of carbonyl (C=O) groups excluding carboxylic acids is 3. The normalized spacial score (nSPS) is 19.8. The molecule has 1 aliphatic carbocycles. The highest BCUT2D eigenvalue weighted by atomic mass is 28.4. The standard InChI is InChI=1S/C43H84N2O8Si2/c1-19-20-28-54(15,16)42(12,13)53-55(17,18)40(8,9)22-21-24-49-26-27-50-37(48)45-34-29-38(4,5)31-43(14,30-34)32-44-36(47)52-39(6,7)23-25-51-41(10,11)35(46)33(2)3/h34H,2,19-32H2,1,3-18H3,(H,44,47)(H,45,48). The molecular formula is C43H84N2O8Si2. The Morgan fingerprint density at radius 1 is 0.836 bits per heavy atom. The van der Waals surface area contributed by atoms with Crippen molar-refractivity contribution >= 4 is 34.4 Å². The van der Waals surface area contributed by atoms with Gasteiger partial charge in [0.15, 0.2) is 14.1 Å². The van der Waals surface area contributed by atoms with E-state index in [1.807, 2.05) is 13.8 Å². The maximum Gasteiger partial charge on any atom is 0.407 e. The molecule has 2 N–H and O–H groups in total. The first-order valence-corrected chi connectivity index (χ1v) is 27.0. The minimum Gasteiger partial charge on any atom is -0.447 e. The number of alkyl carbamates (subject to hydrolysis) is 2. The summed E-state index contributed by atoms with van der Waals surface area (Å²) in [5, 5.41) is 6.07. The summed E-state index contributed by atoms with van der Waals surface area (Å²) in [4.78, 5) is 38.1. The van der Waals surface area contributed by atoms with Gasteiger partial charge in [-0.25, -0.2) is 9.59 Å². The summed E-state index contributed by atoms with van der Waals surface area (Å²) in [6, 6.07) is 1.20. The van der Waals surface area contributed by atoms with E-state index in [0.29, 0.717) is 38.2 Å². The number of Topliss-reactive ketones (excluding diaryl/α,β-unsaturated/α-hetero) is 1. The number of ether oxygens (including phenoxy) is 4. The van der Waals surface area contributed by atoms with Gasteiger partial charge in [0, 0.05) is 30.8 Å². The smallest absolute Gasteiger partial charge is 0.407 e. The molecule has 1 fully saturated rings. The summed E-state index contributed by atoms with van der Waals surface area (Å²) in [7, 11) is -3.57. The van der Waals surface area contributed by atoms with Crippen molar-refractivity contribution in [1.82, 2.24) is 10.6 Å². The minimum atomic E-state index is -2.02. The Bertz CT molecular complexity index is 1280. The minimum absolute atomic E-state index is 0.0521. The zero-order chi connectivity index (χ0) is 42.7. The van der Waals surface area contributed by atoms with Crippen molar-refractivity contribution in [1.29, 1.82) is 0 Å². The topological polar surface area (TPSA) is 121 Å². The fraction of sp³-hybridized carbons (Fsp3) is 0.884. The Balaban J connectivity index is 2.53. The van der Waals surface area contributed by atoms with E-state index in [1.54, 1.807) is 20.8 Å². The fourth-order valence-electron chi connectivity index (χ4n) is 7.88. The second-order valence-electron chi connectivity index (χ2n) is 21.0. The first-order chi connectivity index (χ1) is 24.8. The Labute approximate surface area is 338 Å². The lowest BCUT2D eigenvalue weighted by atomic mass is 9.62. The lowest BCUT2D eigenvalue weighted by Gasteiger charge is -2.50. The number of ketones is 1. The molecule has 0 spiro atoms. The monoisotopic (exact) mass is 813 g/mol. The van der Waals surface area contributed by atoms with Crippen LogP contribution in [0.25, 0.3) is 0 Å². The SMILES string of the molecule is C=C(C)C(=O)C(C)(C)OCCC(C)(C)OC(=O)NCC1(C)CC(NC(=O)OCCOCCCC(C)(C)[Si](C)(C)OC(C)(C)[Si](C)(C)CCCC)CC(C)(C)C1. The van der Waals surface area contributed by atoms with Gasteiger partial charge in [0.1, 0.15) is 17.8 Å². The van der Waals surface area contributed by atoms with Crippen molar-refractivity contribution in [3.63, 3.8) is 0 Å². The van der Waals surface area contributed by atoms with E-state index in [1.165, 1.54) is 18.9 Å². The van der Waals surface area contributed by atoms with Crippen molar-refractivity contribution in [2.45, 2.75) is 201 Å². The second-order valence-corrected chi connectivity index (χ2v) is 31.0. The average Bonchev–Trinajstić information content (AvgIpc) is 2.99. The molecule has 55 heavy (non-hydrogen) atoms. The highest BCUT2D eigenvalue weighted by molar-refractivity contribution is 6.82. The summed E-state index contributed by atoms with van der Waals surface area (Å²) in [5.41, 5.74) is -1.67. The molecule has 2 amide bonds. The lowest BCUT2D eigenvalue weighted by molar-refractivity contribution is -0.138. The predicted octanol–water partition coefficient (Wildman–Crippen LogP) is 10.8. The molecule has 0 aromatic rings. The van der Waals surface area contributed by atoms with Crippen LogP contribution in [-0.4, -0.2) is 89.8 Å². The van der Waals surface area contributed by atoms with Crippen molar-refractivity contribution in [2.75, 3.05) is 33.0 Å². The van der Waals surface area contributed by atoms with Crippen LogP contribution in [0.3, 0.4) is 0 Å². The van der Waals surface area contributed by atoms with E-state index in [9.17, 15) is 14.4 Å². The number of hydrogen-bond acceptors (Lipinski definition) is 8. The Morgan fingerprint density at radius 2 is 1.45 bits per heavy atom. The molecule has 0 aromatic carbocycles. The van der Waals surface area contributed by atoms with Crippen LogP contribution in [0.4, 0.5) is 9.59 Å². The molecule has 1 aliphatic rings. The van der Waals surface area contributed by atoms with Crippen molar-refractivity contribution < 1.29 is 37.8 Å². The van der Waals surface area contributed by atoms with Gasteiger partial charge in [0.2, 0.25) is 0 Å². The van der Waals surface area contributed by atoms with E-state index < -0.39 is 39.8 Å². The Kier molecular flexibility index (Phi) is 18.9. The van der Waals surface area contributed by atoms with Crippen molar-refractivity contribution in [3.8, 4) is 0 Å². The zero-order valence-electron chi connectivity index (χ0n) is 38.4. The first-order valence-electron chi connectivity index (χ1n) is 20.8. The molecule has 12 heteroatoms. The number of amides is 2.